The Kier molecular flexibility index (Phi) is 7.37. The summed E-state index contributed by atoms with van der Waals surface area (Å²) in [5.74, 6) is 0.578. The molecule has 0 spiro atoms. The average Bonchev–Trinajstić information content (AvgIpc) is 2.68. The van der Waals surface area contributed by atoms with Crippen LogP contribution in [0.3, 0.4) is 0 Å². The molecule has 0 heterocycles. The monoisotopic (exact) mass is 370 g/mol. The molecule has 0 aromatic heterocycles. The molecule has 6 heteroatoms. The molecule has 0 aliphatic heterocycles. The van der Waals surface area contributed by atoms with Gasteiger partial charge in [-0.3, -0.25) is 9.59 Å². The third-order valence-electron chi connectivity index (χ3n) is 4.44. The third-order valence-corrected chi connectivity index (χ3v) is 4.44. The van der Waals surface area contributed by atoms with Gasteiger partial charge < -0.3 is 19.9 Å². The first-order valence-electron chi connectivity index (χ1n) is 9.00. The molecule has 0 bridgehead atoms. The lowest BCUT2D eigenvalue weighted by Crippen LogP contribution is -3.14. The average molecular weight is 370 g/mol. The lowest BCUT2D eigenvalue weighted by Gasteiger charge is -2.28. The zero-order chi connectivity index (χ0) is 19.8. The van der Waals surface area contributed by atoms with Crippen molar-refractivity contribution < 1.29 is 19.2 Å². The first-order valence-corrected chi connectivity index (χ1v) is 9.00. The summed E-state index contributed by atoms with van der Waals surface area (Å²) in [6.07, 6.45) is 0. The first kappa shape index (κ1) is 20.5. The SMILES string of the molecule is CC[NH+](CC(=O)Nc1ccc(OC)cc1)[C@@H](C(=O)N(C)C)c1ccccc1. The van der Waals surface area contributed by atoms with Crippen LogP contribution >= 0.6 is 0 Å². The number of carbonyl (C=O) groups is 2. The molecule has 0 aliphatic carbocycles. The molecule has 1 unspecified atom stereocenters. The van der Waals surface area contributed by atoms with Crippen LogP contribution in [0.5, 0.6) is 5.75 Å². The van der Waals surface area contributed by atoms with Crippen molar-refractivity contribution in [3.05, 3.63) is 60.2 Å². The minimum atomic E-state index is -0.423. The second kappa shape index (κ2) is 9.73. The Labute approximate surface area is 160 Å². The third kappa shape index (κ3) is 5.56. The number of nitrogens with one attached hydrogen (secondary N) is 2. The van der Waals surface area contributed by atoms with Gasteiger partial charge >= 0.3 is 0 Å². The molecule has 2 aromatic carbocycles. The summed E-state index contributed by atoms with van der Waals surface area (Å²) in [7, 11) is 5.08. The molecule has 0 aliphatic rings. The van der Waals surface area contributed by atoms with Crippen LogP contribution in [-0.4, -0.2) is 51.0 Å². The molecule has 144 valence electrons. The van der Waals surface area contributed by atoms with E-state index in [2.05, 4.69) is 5.32 Å². The highest BCUT2D eigenvalue weighted by molar-refractivity contribution is 5.91. The van der Waals surface area contributed by atoms with E-state index in [9.17, 15) is 9.59 Å². The zero-order valence-electron chi connectivity index (χ0n) is 16.4. The number of hydrogen-bond donors (Lipinski definition) is 2. The molecular weight excluding hydrogens is 342 g/mol. The quantitative estimate of drug-likeness (QED) is 0.738. The summed E-state index contributed by atoms with van der Waals surface area (Å²) in [4.78, 5) is 27.9. The van der Waals surface area contributed by atoms with Gasteiger partial charge in [0.2, 0.25) is 0 Å². The fourth-order valence-corrected chi connectivity index (χ4v) is 2.97. The number of rotatable bonds is 8. The number of anilines is 1. The first-order chi connectivity index (χ1) is 13.0. The topological polar surface area (TPSA) is 63.1 Å². The summed E-state index contributed by atoms with van der Waals surface area (Å²) >= 11 is 0. The number of nitrogens with zero attached hydrogens (tertiary/aromatic N) is 1. The van der Waals surface area contributed by atoms with E-state index in [1.807, 2.05) is 37.3 Å². The number of carbonyl (C=O) groups excluding carboxylic acids is 2. The molecule has 0 saturated carbocycles. The predicted molar refractivity (Wildman–Crippen MR) is 106 cm³/mol. The second-order valence-electron chi connectivity index (χ2n) is 6.54. The smallest absolute Gasteiger partial charge is 0.285 e. The molecule has 2 atom stereocenters. The number of ether oxygens (including phenoxy) is 1. The number of quaternary nitrogens is 1. The van der Waals surface area contributed by atoms with Crippen molar-refractivity contribution >= 4 is 17.5 Å². The van der Waals surface area contributed by atoms with E-state index in [-0.39, 0.29) is 18.4 Å². The number of amides is 2. The molecule has 2 aromatic rings. The van der Waals surface area contributed by atoms with Gasteiger partial charge in [-0.15, -0.1) is 0 Å². The summed E-state index contributed by atoms with van der Waals surface area (Å²) in [5.41, 5.74) is 1.61. The van der Waals surface area contributed by atoms with Crippen LogP contribution < -0.4 is 15.0 Å². The van der Waals surface area contributed by atoms with Gasteiger partial charge in [0.15, 0.2) is 12.6 Å². The summed E-state index contributed by atoms with van der Waals surface area (Å²) < 4.78 is 5.13. The fourth-order valence-electron chi connectivity index (χ4n) is 2.97. The maximum atomic E-state index is 12.8. The largest absolute Gasteiger partial charge is 0.497 e. The van der Waals surface area contributed by atoms with Gasteiger partial charge in [-0.1, -0.05) is 30.3 Å². The highest BCUT2D eigenvalue weighted by atomic mass is 16.5. The lowest BCUT2D eigenvalue weighted by atomic mass is 10.0. The lowest BCUT2D eigenvalue weighted by molar-refractivity contribution is -0.912. The minimum Gasteiger partial charge on any atom is -0.497 e. The Morgan fingerprint density at radius 2 is 1.70 bits per heavy atom. The van der Waals surface area contributed by atoms with E-state index >= 15 is 0 Å². The van der Waals surface area contributed by atoms with Gasteiger partial charge in [0.1, 0.15) is 5.75 Å². The van der Waals surface area contributed by atoms with Crippen LogP contribution in [0.2, 0.25) is 0 Å². The minimum absolute atomic E-state index is 0.0182. The molecule has 2 amide bonds. The standard InChI is InChI=1S/C21H27N3O3/c1-5-24(15-19(25)22-17-11-13-18(27-4)14-12-17)20(21(26)23(2)3)16-9-7-6-8-10-16/h6-14,20H,5,15H2,1-4H3,(H,22,25)/p+1/t20-/m1/s1. The van der Waals surface area contributed by atoms with Crippen LogP contribution in [0.1, 0.15) is 18.5 Å². The Morgan fingerprint density at radius 1 is 1.07 bits per heavy atom. The van der Waals surface area contributed by atoms with E-state index in [0.29, 0.717) is 12.2 Å². The number of methoxy groups -OCH3 is 1. The van der Waals surface area contributed by atoms with Crippen LogP contribution in [0.15, 0.2) is 54.6 Å². The van der Waals surface area contributed by atoms with Gasteiger partial charge in [-0.2, -0.15) is 0 Å². The van der Waals surface area contributed by atoms with Crippen molar-refractivity contribution in [1.82, 2.24) is 4.90 Å². The molecule has 27 heavy (non-hydrogen) atoms. The Balaban J connectivity index is 2.15. The Morgan fingerprint density at radius 3 is 2.22 bits per heavy atom. The number of benzene rings is 2. The highest BCUT2D eigenvalue weighted by Crippen LogP contribution is 2.15. The van der Waals surface area contributed by atoms with Crippen molar-refractivity contribution in [2.45, 2.75) is 13.0 Å². The van der Waals surface area contributed by atoms with Gasteiger partial charge in [0, 0.05) is 25.3 Å². The predicted octanol–water partition coefficient (Wildman–Crippen LogP) is 1.37. The van der Waals surface area contributed by atoms with Crippen molar-refractivity contribution in [3.8, 4) is 5.75 Å². The van der Waals surface area contributed by atoms with E-state index in [0.717, 1.165) is 16.2 Å². The van der Waals surface area contributed by atoms with Gasteiger partial charge in [0.25, 0.3) is 11.8 Å². The van der Waals surface area contributed by atoms with E-state index in [1.165, 1.54) is 0 Å². The molecule has 2 N–H and O–H groups in total. The summed E-state index contributed by atoms with van der Waals surface area (Å²) in [5, 5.41) is 2.89. The zero-order valence-corrected chi connectivity index (χ0v) is 16.4. The van der Waals surface area contributed by atoms with Gasteiger partial charge in [-0.05, 0) is 31.2 Å². The Bertz CT molecular complexity index is 745. The molecule has 2 rings (SSSR count). The number of likely N-dealkylation sites (N-methyl/N-ethyl adjacent to an activating group) is 2. The normalized spacial score (nSPS) is 12.7. The molecule has 0 fully saturated rings. The summed E-state index contributed by atoms with van der Waals surface area (Å²) in [6, 6.07) is 16.4. The maximum Gasteiger partial charge on any atom is 0.285 e. The van der Waals surface area contributed by atoms with Crippen LogP contribution in [-0.2, 0) is 9.59 Å². The van der Waals surface area contributed by atoms with Crippen molar-refractivity contribution in [2.75, 3.05) is 39.6 Å². The maximum absolute atomic E-state index is 12.8. The van der Waals surface area contributed by atoms with Crippen LogP contribution in [0, 0.1) is 0 Å². The van der Waals surface area contributed by atoms with Crippen molar-refractivity contribution in [1.29, 1.82) is 0 Å². The molecular formula is C21H28N3O3+. The van der Waals surface area contributed by atoms with E-state index in [4.69, 9.17) is 4.74 Å². The molecule has 0 radical (unpaired) electrons. The van der Waals surface area contributed by atoms with Gasteiger partial charge in [0.05, 0.1) is 13.7 Å². The fraction of sp³-hybridized carbons (Fsp3) is 0.333. The molecule has 6 nitrogen and oxygen atoms in total. The van der Waals surface area contributed by atoms with E-state index < -0.39 is 6.04 Å². The molecule has 0 saturated heterocycles. The van der Waals surface area contributed by atoms with Crippen LogP contribution in [0.4, 0.5) is 5.69 Å². The number of hydrogen-bond acceptors (Lipinski definition) is 3. The van der Waals surface area contributed by atoms with Gasteiger partial charge in [-0.25, -0.2) is 0 Å². The highest BCUT2D eigenvalue weighted by Gasteiger charge is 2.33. The van der Waals surface area contributed by atoms with Crippen LogP contribution in [0.25, 0.3) is 0 Å². The second-order valence-corrected chi connectivity index (χ2v) is 6.54. The summed E-state index contributed by atoms with van der Waals surface area (Å²) in [6.45, 7) is 2.83. The van der Waals surface area contributed by atoms with E-state index in [1.54, 1.807) is 50.4 Å². The Hall–Kier alpha value is -2.86. The van der Waals surface area contributed by atoms with Crippen molar-refractivity contribution in [3.63, 3.8) is 0 Å². The van der Waals surface area contributed by atoms with Crippen molar-refractivity contribution in [2.24, 2.45) is 0 Å².